The van der Waals surface area contributed by atoms with Crippen LogP contribution in [0.3, 0.4) is 0 Å². The van der Waals surface area contributed by atoms with Gasteiger partial charge in [-0.25, -0.2) is 0 Å². The molecule has 4 aromatic rings. The van der Waals surface area contributed by atoms with Crippen LogP contribution in [0.4, 0.5) is 5.69 Å². The molecular weight excluding hydrogens is 438 g/mol. The monoisotopic (exact) mass is 471 g/mol. The number of nitrogens with zero attached hydrogens (tertiary/aromatic N) is 7. The average Bonchev–Trinajstić information content (AvgIpc) is 3.30. The summed E-state index contributed by atoms with van der Waals surface area (Å²) in [4.78, 5) is 26.6. The van der Waals surface area contributed by atoms with Gasteiger partial charge in [-0.2, -0.15) is 5.10 Å². The van der Waals surface area contributed by atoms with Crippen molar-refractivity contribution in [2.24, 2.45) is 7.05 Å². The Kier molecular flexibility index (Phi) is 6.15. The summed E-state index contributed by atoms with van der Waals surface area (Å²) in [6.45, 7) is 13.0. The Morgan fingerprint density at radius 2 is 1.89 bits per heavy atom. The Labute approximate surface area is 205 Å². The molecule has 0 radical (unpaired) electrons. The van der Waals surface area contributed by atoms with E-state index in [1.165, 1.54) is 5.56 Å². The summed E-state index contributed by atoms with van der Waals surface area (Å²) in [6.07, 6.45) is 8.16. The van der Waals surface area contributed by atoms with Crippen molar-refractivity contribution < 1.29 is 0 Å². The molecule has 1 aromatic carbocycles. The first-order valence-corrected chi connectivity index (χ1v) is 12.3. The predicted octanol–water partition coefficient (Wildman–Crippen LogP) is 3.91. The maximum atomic E-state index is 12.8. The third kappa shape index (κ3) is 4.23. The number of fused-ring (bicyclic) bond motifs is 2. The molecule has 1 aliphatic heterocycles. The van der Waals surface area contributed by atoms with Gasteiger partial charge >= 0.3 is 0 Å². The molecule has 1 saturated heterocycles. The minimum Gasteiger partial charge on any atom is -0.364 e. The molecule has 0 unspecified atom stereocenters. The van der Waals surface area contributed by atoms with Crippen molar-refractivity contribution in [3.63, 3.8) is 0 Å². The number of allylic oxidation sites excluding steroid dienone is 1. The maximum absolute atomic E-state index is 12.8. The van der Waals surface area contributed by atoms with E-state index in [2.05, 4.69) is 65.3 Å². The molecule has 1 aliphatic rings. The number of aryl methyl sites for hydroxylation is 2. The molecular formula is C27H33N7O. The highest BCUT2D eigenvalue weighted by atomic mass is 16.1. The van der Waals surface area contributed by atoms with E-state index in [-0.39, 0.29) is 17.6 Å². The van der Waals surface area contributed by atoms with Crippen molar-refractivity contribution in [3.8, 4) is 0 Å². The van der Waals surface area contributed by atoms with Crippen molar-refractivity contribution in [1.82, 2.24) is 29.2 Å². The van der Waals surface area contributed by atoms with Gasteiger partial charge in [0.15, 0.2) is 0 Å². The van der Waals surface area contributed by atoms with Crippen LogP contribution in [0.15, 0.2) is 60.3 Å². The van der Waals surface area contributed by atoms with Crippen LogP contribution in [0.2, 0.25) is 0 Å². The minimum absolute atomic E-state index is 0.0105. The van der Waals surface area contributed by atoms with Gasteiger partial charge in [-0.3, -0.25) is 24.3 Å². The van der Waals surface area contributed by atoms with Crippen LogP contribution < -0.4 is 10.5 Å². The second-order valence-electron chi connectivity index (χ2n) is 9.66. The highest BCUT2D eigenvalue weighted by molar-refractivity contribution is 5.88. The van der Waals surface area contributed by atoms with Crippen molar-refractivity contribution in [1.29, 1.82) is 0 Å². The normalized spacial score (nSPS) is 19.9. The summed E-state index contributed by atoms with van der Waals surface area (Å²) in [7, 11) is 1.81. The molecule has 182 valence electrons. The standard InChI is InChI=1S/C27H33N7O/c1-6-7-12-32-17-25-27(30-32)24(14-26(35)31(25)5)34-16-18(2)33(15-19(34)3)20(4)21-8-9-22-23(13-21)29-11-10-28-22/h6,8-11,13-14,17-20H,1,7,12,15-16H2,2-5H3/t18-,19+,20+/m1/s1. The van der Waals surface area contributed by atoms with Gasteiger partial charge < -0.3 is 9.47 Å². The van der Waals surface area contributed by atoms with Gasteiger partial charge in [0.05, 0.1) is 22.2 Å². The molecule has 4 heterocycles. The molecule has 1 fully saturated rings. The molecule has 0 bridgehead atoms. The van der Waals surface area contributed by atoms with Gasteiger partial charge in [0.25, 0.3) is 5.56 Å². The van der Waals surface area contributed by atoms with E-state index in [0.717, 1.165) is 53.8 Å². The van der Waals surface area contributed by atoms with E-state index in [1.54, 1.807) is 23.0 Å². The van der Waals surface area contributed by atoms with E-state index >= 15 is 0 Å². The van der Waals surface area contributed by atoms with Crippen LogP contribution in [0.5, 0.6) is 0 Å². The fourth-order valence-electron chi connectivity index (χ4n) is 5.26. The molecule has 3 aromatic heterocycles. The Morgan fingerprint density at radius 1 is 1.11 bits per heavy atom. The molecule has 0 aliphatic carbocycles. The Morgan fingerprint density at radius 3 is 2.66 bits per heavy atom. The van der Waals surface area contributed by atoms with Crippen molar-refractivity contribution in [2.75, 3.05) is 18.0 Å². The highest BCUT2D eigenvalue weighted by Crippen LogP contribution is 2.33. The number of piperazine rings is 1. The van der Waals surface area contributed by atoms with Crippen LogP contribution >= 0.6 is 0 Å². The molecule has 0 saturated carbocycles. The lowest BCUT2D eigenvalue weighted by Gasteiger charge is -2.47. The zero-order valence-corrected chi connectivity index (χ0v) is 20.9. The summed E-state index contributed by atoms with van der Waals surface area (Å²) in [6, 6.07) is 8.86. The summed E-state index contributed by atoms with van der Waals surface area (Å²) >= 11 is 0. The van der Waals surface area contributed by atoms with Gasteiger partial charge in [-0.15, -0.1) is 6.58 Å². The summed E-state index contributed by atoms with van der Waals surface area (Å²) in [5.41, 5.74) is 5.73. The van der Waals surface area contributed by atoms with Gasteiger partial charge in [-0.05, 0) is 44.9 Å². The fourth-order valence-corrected chi connectivity index (χ4v) is 5.26. The number of aromatic nitrogens is 5. The molecule has 0 N–H and O–H groups in total. The lowest BCUT2D eigenvalue weighted by atomic mass is 10.00. The molecule has 8 nitrogen and oxygen atoms in total. The van der Waals surface area contributed by atoms with Crippen LogP contribution in [0, 0.1) is 0 Å². The maximum Gasteiger partial charge on any atom is 0.252 e. The molecule has 0 spiro atoms. The van der Waals surface area contributed by atoms with Crippen LogP contribution in [-0.2, 0) is 13.6 Å². The largest absolute Gasteiger partial charge is 0.364 e. The minimum atomic E-state index is -0.0105. The SMILES string of the molecule is C=CCCn1cc2c(n1)c(N1C[C@@H](C)N([C@@H](C)c3ccc4nccnc4c3)C[C@@H]1C)cc(=O)n2C. The Balaban J connectivity index is 1.44. The number of rotatable bonds is 6. The van der Waals surface area contributed by atoms with E-state index in [4.69, 9.17) is 5.10 Å². The number of hydrogen-bond donors (Lipinski definition) is 0. The fraction of sp³-hybridized carbons (Fsp3) is 0.407. The average molecular weight is 472 g/mol. The summed E-state index contributed by atoms with van der Waals surface area (Å²) in [5, 5.41) is 4.86. The lowest BCUT2D eigenvalue weighted by Crippen LogP contribution is -2.57. The molecule has 0 amide bonds. The predicted molar refractivity (Wildman–Crippen MR) is 141 cm³/mol. The number of benzene rings is 1. The highest BCUT2D eigenvalue weighted by Gasteiger charge is 2.34. The second-order valence-corrected chi connectivity index (χ2v) is 9.66. The van der Waals surface area contributed by atoms with E-state index in [1.807, 2.05) is 24.0 Å². The van der Waals surface area contributed by atoms with Gasteiger partial charge in [0.2, 0.25) is 0 Å². The first kappa shape index (κ1) is 23.2. The number of hydrogen-bond acceptors (Lipinski definition) is 6. The van der Waals surface area contributed by atoms with Crippen molar-refractivity contribution in [3.05, 3.63) is 71.4 Å². The number of anilines is 1. The summed E-state index contributed by atoms with van der Waals surface area (Å²) < 4.78 is 3.61. The summed E-state index contributed by atoms with van der Waals surface area (Å²) in [5.74, 6) is 0. The van der Waals surface area contributed by atoms with Crippen LogP contribution in [0.1, 0.15) is 38.8 Å². The Bertz CT molecular complexity index is 1440. The van der Waals surface area contributed by atoms with E-state index in [0.29, 0.717) is 6.04 Å². The second kappa shape index (κ2) is 9.26. The molecule has 8 heteroatoms. The first-order valence-electron chi connectivity index (χ1n) is 12.3. The zero-order chi connectivity index (χ0) is 24.7. The third-order valence-corrected chi connectivity index (χ3v) is 7.32. The molecule has 35 heavy (non-hydrogen) atoms. The van der Waals surface area contributed by atoms with Gasteiger partial charge in [-0.1, -0.05) is 12.1 Å². The molecule has 5 rings (SSSR count). The number of pyridine rings is 1. The topological polar surface area (TPSA) is 72.1 Å². The zero-order valence-electron chi connectivity index (χ0n) is 20.9. The van der Waals surface area contributed by atoms with E-state index in [9.17, 15) is 4.79 Å². The Hall–Kier alpha value is -3.52. The van der Waals surface area contributed by atoms with Gasteiger partial charge in [0.1, 0.15) is 5.52 Å². The van der Waals surface area contributed by atoms with E-state index < -0.39 is 0 Å². The smallest absolute Gasteiger partial charge is 0.252 e. The van der Waals surface area contributed by atoms with Crippen molar-refractivity contribution >= 4 is 27.8 Å². The first-order chi connectivity index (χ1) is 16.9. The third-order valence-electron chi connectivity index (χ3n) is 7.32. The quantitative estimate of drug-likeness (QED) is 0.397. The lowest BCUT2D eigenvalue weighted by molar-refractivity contribution is 0.119. The van der Waals surface area contributed by atoms with Crippen molar-refractivity contribution in [2.45, 2.75) is 51.9 Å². The van der Waals surface area contributed by atoms with Crippen LogP contribution in [0.25, 0.3) is 22.1 Å². The van der Waals surface area contributed by atoms with Gasteiger partial charge in [0, 0.05) is 69.5 Å². The molecule has 3 atom stereocenters. The van der Waals surface area contributed by atoms with Crippen LogP contribution in [-0.4, -0.2) is 54.4 Å².